The summed E-state index contributed by atoms with van der Waals surface area (Å²) in [6.45, 7) is 12.3. The van der Waals surface area contributed by atoms with E-state index in [4.69, 9.17) is 9.52 Å². The van der Waals surface area contributed by atoms with Crippen molar-refractivity contribution < 1.29 is 9.21 Å². The Labute approximate surface area is 189 Å². The van der Waals surface area contributed by atoms with Crippen LogP contribution < -0.4 is 0 Å². The highest BCUT2D eigenvalue weighted by Gasteiger charge is 2.26. The average molecular weight is 436 g/mol. The van der Waals surface area contributed by atoms with Gasteiger partial charge in [0.2, 0.25) is 5.89 Å². The molecule has 4 rings (SSSR count). The predicted octanol–water partition coefficient (Wildman–Crippen LogP) is 4.94. The Morgan fingerprint density at radius 3 is 2.56 bits per heavy atom. The fourth-order valence-electron chi connectivity index (χ4n) is 4.54. The number of aromatic nitrogens is 4. The Kier molecular flexibility index (Phi) is 6.44. The molecule has 170 valence electrons. The number of aryl methyl sites for hydroxylation is 2. The summed E-state index contributed by atoms with van der Waals surface area (Å²) < 4.78 is 7.51. The smallest absolute Gasteiger partial charge is 0.268 e. The van der Waals surface area contributed by atoms with Gasteiger partial charge in [-0.1, -0.05) is 33.8 Å². The van der Waals surface area contributed by atoms with Gasteiger partial charge in [0.15, 0.2) is 0 Å². The first kappa shape index (κ1) is 22.2. The third-order valence-corrected chi connectivity index (χ3v) is 6.00. The van der Waals surface area contributed by atoms with E-state index in [1.54, 1.807) is 6.92 Å². The summed E-state index contributed by atoms with van der Waals surface area (Å²) in [6.07, 6.45) is 3.08. The summed E-state index contributed by atoms with van der Waals surface area (Å²) in [4.78, 5) is 15.3. The molecule has 1 aliphatic heterocycles. The lowest BCUT2D eigenvalue weighted by molar-refractivity contribution is 0.0623. The molecular formula is C25H33N5O2. The predicted molar refractivity (Wildman–Crippen MR) is 124 cm³/mol. The molecule has 1 saturated heterocycles. The molecule has 0 spiro atoms. The van der Waals surface area contributed by atoms with Crippen molar-refractivity contribution in [1.29, 1.82) is 0 Å². The van der Waals surface area contributed by atoms with Gasteiger partial charge in [-0.05, 0) is 61.3 Å². The molecule has 3 aromatic rings. The van der Waals surface area contributed by atoms with Gasteiger partial charge in [0.05, 0.1) is 5.69 Å². The van der Waals surface area contributed by atoms with Crippen molar-refractivity contribution in [3.8, 4) is 17.3 Å². The molecule has 1 aromatic carbocycles. The van der Waals surface area contributed by atoms with Gasteiger partial charge >= 0.3 is 0 Å². The molecule has 7 nitrogen and oxygen atoms in total. The highest BCUT2D eigenvalue weighted by Crippen LogP contribution is 2.25. The Morgan fingerprint density at radius 1 is 1.16 bits per heavy atom. The summed E-state index contributed by atoms with van der Waals surface area (Å²) in [6, 6.07) is 9.78. The topological polar surface area (TPSA) is 77.1 Å². The van der Waals surface area contributed by atoms with E-state index in [9.17, 15) is 4.79 Å². The molecule has 1 amide bonds. The van der Waals surface area contributed by atoms with E-state index in [-0.39, 0.29) is 5.91 Å². The Balaban J connectivity index is 1.66. The van der Waals surface area contributed by atoms with Gasteiger partial charge in [-0.3, -0.25) is 4.79 Å². The second kappa shape index (κ2) is 9.27. The first-order valence-electron chi connectivity index (χ1n) is 11.6. The Morgan fingerprint density at radius 2 is 1.91 bits per heavy atom. The fraction of sp³-hybridized carbons (Fsp3) is 0.520. The number of hydrogen-bond donors (Lipinski definition) is 0. The number of rotatable bonds is 6. The zero-order valence-corrected chi connectivity index (χ0v) is 19.7. The molecular weight excluding hydrogens is 402 g/mol. The van der Waals surface area contributed by atoms with Crippen molar-refractivity contribution in [2.24, 2.45) is 17.8 Å². The Hall–Kier alpha value is -2.96. The van der Waals surface area contributed by atoms with Crippen LogP contribution in [0, 0.1) is 24.7 Å². The van der Waals surface area contributed by atoms with Crippen LogP contribution in [0.4, 0.5) is 0 Å². The van der Waals surface area contributed by atoms with Crippen LogP contribution in [-0.2, 0) is 6.42 Å². The van der Waals surface area contributed by atoms with Crippen molar-refractivity contribution in [1.82, 2.24) is 24.9 Å². The van der Waals surface area contributed by atoms with Crippen molar-refractivity contribution in [3.63, 3.8) is 0 Å². The lowest BCUT2D eigenvalue weighted by atomic mass is 9.91. The number of carbonyl (C=O) groups excluding carboxylic acids is 1. The van der Waals surface area contributed by atoms with Gasteiger partial charge in [0.1, 0.15) is 5.69 Å². The van der Waals surface area contributed by atoms with Crippen LogP contribution in [0.25, 0.3) is 17.3 Å². The van der Waals surface area contributed by atoms with Gasteiger partial charge in [-0.15, -0.1) is 10.2 Å². The molecule has 0 radical (unpaired) electrons. The van der Waals surface area contributed by atoms with E-state index in [1.165, 1.54) is 6.42 Å². The van der Waals surface area contributed by atoms with Crippen LogP contribution in [0.5, 0.6) is 0 Å². The SMILES string of the molecule is Cc1nnc(-c2cc(CCC(C)C)n(-c3cccc(C(=O)N4CC(C)CC(C)C4)c3)n2)o1. The largest absolute Gasteiger partial charge is 0.420 e. The molecule has 0 N–H and O–H groups in total. The van der Waals surface area contributed by atoms with Crippen LogP contribution in [0.15, 0.2) is 34.7 Å². The van der Waals surface area contributed by atoms with Crippen LogP contribution in [0.3, 0.4) is 0 Å². The van der Waals surface area contributed by atoms with Crippen molar-refractivity contribution >= 4 is 5.91 Å². The number of amides is 1. The first-order valence-corrected chi connectivity index (χ1v) is 11.6. The van der Waals surface area contributed by atoms with Crippen molar-refractivity contribution in [3.05, 3.63) is 47.5 Å². The number of hydrogen-bond acceptors (Lipinski definition) is 5. The van der Waals surface area contributed by atoms with Crippen LogP contribution >= 0.6 is 0 Å². The second-order valence-corrected chi connectivity index (χ2v) is 9.70. The minimum absolute atomic E-state index is 0.0916. The maximum absolute atomic E-state index is 13.3. The van der Waals surface area contributed by atoms with E-state index in [0.717, 1.165) is 37.3 Å². The number of piperidine rings is 1. The van der Waals surface area contributed by atoms with Gasteiger partial charge in [0, 0.05) is 31.3 Å². The van der Waals surface area contributed by atoms with Crippen LogP contribution in [-0.4, -0.2) is 43.9 Å². The lowest BCUT2D eigenvalue weighted by Gasteiger charge is -2.35. The van der Waals surface area contributed by atoms with Crippen LogP contribution in [0.1, 0.15) is 62.5 Å². The molecule has 3 heterocycles. The monoisotopic (exact) mass is 435 g/mol. The number of benzene rings is 1. The third-order valence-electron chi connectivity index (χ3n) is 6.00. The number of likely N-dealkylation sites (tertiary alicyclic amines) is 1. The normalized spacial score (nSPS) is 19.0. The Bertz CT molecular complexity index is 1070. The molecule has 1 fully saturated rings. The summed E-state index contributed by atoms with van der Waals surface area (Å²) in [5, 5.41) is 12.8. The van der Waals surface area contributed by atoms with Crippen molar-refractivity contribution in [2.45, 2.75) is 53.9 Å². The first-order chi connectivity index (χ1) is 15.3. The standard InChI is InChI=1S/C25H33N5O2/c1-16(2)9-10-22-13-23(24-27-26-19(5)32-24)28-30(22)21-8-6-7-20(12-21)25(31)29-14-17(3)11-18(4)15-29/h6-8,12-13,16-18H,9-11,14-15H2,1-5H3. The third kappa shape index (κ3) is 4.92. The average Bonchev–Trinajstić information content (AvgIpc) is 3.37. The highest BCUT2D eigenvalue weighted by molar-refractivity contribution is 5.94. The van der Waals surface area contributed by atoms with E-state index in [0.29, 0.717) is 40.8 Å². The zero-order chi connectivity index (χ0) is 22.8. The minimum atomic E-state index is 0.0916. The van der Waals surface area contributed by atoms with Crippen LogP contribution in [0.2, 0.25) is 0 Å². The molecule has 2 unspecified atom stereocenters. The van der Waals surface area contributed by atoms with Gasteiger partial charge in [0.25, 0.3) is 11.8 Å². The molecule has 1 aliphatic rings. The van der Waals surface area contributed by atoms with Gasteiger partial charge in [-0.2, -0.15) is 5.10 Å². The quantitative estimate of drug-likeness (QED) is 0.548. The summed E-state index contributed by atoms with van der Waals surface area (Å²) in [7, 11) is 0. The zero-order valence-electron chi connectivity index (χ0n) is 19.7. The van der Waals surface area contributed by atoms with E-state index in [2.05, 4.69) is 37.9 Å². The second-order valence-electron chi connectivity index (χ2n) is 9.70. The van der Waals surface area contributed by atoms with Gasteiger partial charge < -0.3 is 9.32 Å². The minimum Gasteiger partial charge on any atom is -0.420 e. The van der Waals surface area contributed by atoms with E-state index in [1.807, 2.05) is 39.9 Å². The maximum Gasteiger partial charge on any atom is 0.268 e. The van der Waals surface area contributed by atoms with Gasteiger partial charge in [-0.25, -0.2) is 4.68 Å². The summed E-state index contributed by atoms with van der Waals surface area (Å²) in [5.74, 6) is 2.64. The molecule has 0 aliphatic carbocycles. The highest BCUT2D eigenvalue weighted by atomic mass is 16.4. The number of carbonyl (C=O) groups is 1. The molecule has 32 heavy (non-hydrogen) atoms. The lowest BCUT2D eigenvalue weighted by Crippen LogP contribution is -2.42. The number of nitrogens with zero attached hydrogens (tertiary/aromatic N) is 5. The van der Waals surface area contributed by atoms with E-state index >= 15 is 0 Å². The molecule has 2 aromatic heterocycles. The maximum atomic E-state index is 13.3. The summed E-state index contributed by atoms with van der Waals surface area (Å²) in [5.41, 5.74) is 3.29. The fourth-order valence-corrected chi connectivity index (χ4v) is 4.54. The molecule has 2 atom stereocenters. The molecule has 0 saturated carbocycles. The molecule has 0 bridgehead atoms. The molecule has 7 heteroatoms. The van der Waals surface area contributed by atoms with E-state index < -0.39 is 0 Å². The van der Waals surface area contributed by atoms with Crippen molar-refractivity contribution in [2.75, 3.05) is 13.1 Å². The summed E-state index contributed by atoms with van der Waals surface area (Å²) >= 11 is 0.